The summed E-state index contributed by atoms with van der Waals surface area (Å²) in [6.07, 6.45) is 0. The SMILES string of the molecule is COc1nc(-c2cccc3c2OCCO3)ccc1Nc1cccc(C)c1. The van der Waals surface area contributed by atoms with Crippen molar-refractivity contribution in [3.05, 3.63) is 60.2 Å². The first kappa shape index (κ1) is 16.3. The van der Waals surface area contributed by atoms with Crippen molar-refractivity contribution in [1.29, 1.82) is 0 Å². The molecule has 0 atom stereocenters. The molecule has 2 aromatic carbocycles. The zero-order valence-electron chi connectivity index (χ0n) is 14.8. The quantitative estimate of drug-likeness (QED) is 0.748. The summed E-state index contributed by atoms with van der Waals surface area (Å²) in [4.78, 5) is 4.67. The lowest BCUT2D eigenvalue weighted by Crippen LogP contribution is -2.16. The minimum absolute atomic E-state index is 0.526. The number of nitrogens with one attached hydrogen (secondary N) is 1. The van der Waals surface area contributed by atoms with E-state index in [1.54, 1.807) is 7.11 Å². The molecule has 1 aliphatic heterocycles. The van der Waals surface area contributed by atoms with Crippen LogP contribution in [0.15, 0.2) is 54.6 Å². The summed E-state index contributed by atoms with van der Waals surface area (Å²) >= 11 is 0. The van der Waals surface area contributed by atoms with Crippen LogP contribution in [0.2, 0.25) is 0 Å². The van der Waals surface area contributed by atoms with Gasteiger partial charge < -0.3 is 19.5 Å². The molecule has 0 aliphatic carbocycles. The number of rotatable bonds is 4. The van der Waals surface area contributed by atoms with Crippen LogP contribution >= 0.6 is 0 Å². The van der Waals surface area contributed by atoms with Crippen molar-refractivity contribution < 1.29 is 14.2 Å². The van der Waals surface area contributed by atoms with E-state index in [1.807, 2.05) is 42.5 Å². The highest BCUT2D eigenvalue weighted by molar-refractivity contribution is 5.74. The molecule has 5 heteroatoms. The van der Waals surface area contributed by atoms with Crippen molar-refractivity contribution >= 4 is 11.4 Å². The van der Waals surface area contributed by atoms with E-state index < -0.39 is 0 Å². The molecular formula is C21H20N2O3. The van der Waals surface area contributed by atoms with Crippen LogP contribution in [0.3, 0.4) is 0 Å². The van der Waals surface area contributed by atoms with Gasteiger partial charge in [-0.25, -0.2) is 4.98 Å². The highest BCUT2D eigenvalue weighted by Gasteiger charge is 2.18. The molecule has 1 N–H and O–H groups in total. The Morgan fingerprint density at radius 2 is 1.85 bits per heavy atom. The van der Waals surface area contributed by atoms with Gasteiger partial charge >= 0.3 is 0 Å². The van der Waals surface area contributed by atoms with Crippen molar-refractivity contribution in [2.24, 2.45) is 0 Å². The van der Waals surface area contributed by atoms with E-state index in [9.17, 15) is 0 Å². The summed E-state index contributed by atoms with van der Waals surface area (Å²) in [6.45, 7) is 3.16. The van der Waals surface area contributed by atoms with Gasteiger partial charge in [-0.1, -0.05) is 18.2 Å². The lowest BCUT2D eigenvalue weighted by Gasteiger charge is -2.21. The number of para-hydroxylation sites is 1. The Labute approximate surface area is 152 Å². The third-order valence-corrected chi connectivity index (χ3v) is 4.19. The maximum Gasteiger partial charge on any atom is 0.238 e. The third-order valence-electron chi connectivity index (χ3n) is 4.19. The average molecular weight is 348 g/mol. The van der Waals surface area contributed by atoms with Gasteiger partial charge in [-0.15, -0.1) is 0 Å². The van der Waals surface area contributed by atoms with E-state index in [0.29, 0.717) is 19.1 Å². The molecule has 0 amide bonds. The molecule has 26 heavy (non-hydrogen) atoms. The van der Waals surface area contributed by atoms with E-state index in [4.69, 9.17) is 14.2 Å². The first-order valence-electron chi connectivity index (χ1n) is 8.52. The fraction of sp³-hybridized carbons (Fsp3) is 0.190. The van der Waals surface area contributed by atoms with Crippen LogP contribution in [-0.2, 0) is 0 Å². The Kier molecular flexibility index (Phi) is 4.35. The number of benzene rings is 2. The zero-order valence-corrected chi connectivity index (χ0v) is 14.8. The predicted molar refractivity (Wildman–Crippen MR) is 102 cm³/mol. The Morgan fingerprint density at radius 3 is 2.69 bits per heavy atom. The van der Waals surface area contributed by atoms with Crippen molar-refractivity contribution in [3.63, 3.8) is 0 Å². The summed E-state index contributed by atoms with van der Waals surface area (Å²) < 4.78 is 17.0. The van der Waals surface area contributed by atoms with Crippen LogP contribution < -0.4 is 19.5 Å². The van der Waals surface area contributed by atoms with Crippen molar-refractivity contribution in [2.75, 3.05) is 25.6 Å². The largest absolute Gasteiger partial charge is 0.486 e. The molecule has 0 unspecified atom stereocenters. The number of aromatic nitrogens is 1. The molecule has 0 bridgehead atoms. The number of ether oxygens (including phenoxy) is 3. The monoisotopic (exact) mass is 348 g/mol. The van der Waals surface area contributed by atoms with Gasteiger partial charge in [-0.05, 0) is 48.9 Å². The highest BCUT2D eigenvalue weighted by Crippen LogP contribution is 2.40. The van der Waals surface area contributed by atoms with Crippen LogP contribution in [-0.4, -0.2) is 25.3 Å². The lowest BCUT2D eigenvalue weighted by molar-refractivity contribution is 0.172. The molecule has 5 nitrogen and oxygen atoms in total. The normalized spacial score (nSPS) is 12.5. The van der Waals surface area contributed by atoms with Gasteiger partial charge in [-0.3, -0.25) is 0 Å². The molecule has 2 heterocycles. The molecule has 132 valence electrons. The van der Waals surface area contributed by atoms with Crippen molar-refractivity contribution in [2.45, 2.75) is 6.92 Å². The van der Waals surface area contributed by atoms with Crippen molar-refractivity contribution in [1.82, 2.24) is 4.98 Å². The number of aryl methyl sites for hydroxylation is 1. The van der Waals surface area contributed by atoms with Crippen LogP contribution in [0.25, 0.3) is 11.3 Å². The molecular weight excluding hydrogens is 328 g/mol. The lowest BCUT2D eigenvalue weighted by atomic mass is 10.1. The van der Waals surface area contributed by atoms with Crippen LogP contribution in [0.1, 0.15) is 5.56 Å². The Morgan fingerprint density at radius 1 is 1.00 bits per heavy atom. The third kappa shape index (κ3) is 3.16. The second-order valence-electron chi connectivity index (χ2n) is 6.08. The number of nitrogens with zero attached hydrogens (tertiary/aromatic N) is 1. The van der Waals surface area contributed by atoms with Gasteiger partial charge in [-0.2, -0.15) is 0 Å². The number of anilines is 2. The number of pyridine rings is 1. The molecule has 0 fully saturated rings. The number of hydrogen-bond donors (Lipinski definition) is 1. The maximum absolute atomic E-state index is 5.80. The van der Waals surface area contributed by atoms with Gasteiger partial charge in [0.05, 0.1) is 12.8 Å². The standard InChI is InChI=1S/C21H20N2O3/c1-14-5-3-6-15(13-14)22-18-10-9-17(23-21(18)24-2)16-7-4-8-19-20(16)26-12-11-25-19/h3-10,13,22H,11-12H2,1-2H3. The van der Waals surface area contributed by atoms with Crippen LogP contribution in [0.5, 0.6) is 17.4 Å². The van der Waals surface area contributed by atoms with E-state index in [1.165, 1.54) is 5.56 Å². The molecule has 0 radical (unpaired) electrons. The number of hydrogen-bond acceptors (Lipinski definition) is 5. The Balaban J connectivity index is 1.70. The summed E-state index contributed by atoms with van der Waals surface area (Å²) in [5.74, 6) is 2.00. The Bertz CT molecular complexity index is 940. The summed E-state index contributed by atoms with van der Waals surface area (Å²) in [5.41, 5.74) is 4.66. The molecule has 1 aliphatic rings. The van der Waals surface area contributed by atoms with Gasteiger partial charge in [0.15, 0.2) is 11.5 Å². The number of methoxy groups -OCH3 is 1. The van der Waals surface area contributed by atoms with Crippen LogP contribution in [0.4, 0.5) is 11.4 Å². The summed E-state index contributed by atoms with van der Waals surface area (Å²) in [6, 6.07) is 17.9. The van der Waals surface area contributed by atoms with Gasteiger partial charge in [0.2, 0.25) is 5.88 Å². The Hall–Kier alpha value is -3.21. The fourth-order valence-corrected chi connectivity index (χ4v) is 2.99. The van der Waals surface area contributed by atoms with Gasteiger partial charge in [0.1, 0.15) is 18.9 Å². The average Bonchev–Trinajstić information content (AvgIpc) is 2.68. The topological polar surface area (TPSA) is 52.6 Å². The first-order chi connectivity index (χ1) is 12.7. The van der Waals surface area contributed by atoms with Gasteiger partial charge in [0.25, 0.3) is 0 Å². The minimum Gasteiger partial charge on any atom is -0.486 e. The number of fused-ring (bicyclic) bond motifs is 1. The molecule has 0 saturated heterocycles. The van der Waals surface area contributed by atoms with E-state index in [2.05, 4.69) is 29.4 Å². The highest BCUT2D eigenvalue weighted by atomic mass is 16.6. The smallest absolute Gasteiger partial charge is 0.238 e. The predicted octanol–water partition coefficient (Wildman–Crippen LogP) is 4.58. The van der Waals surface area contributed by atoms with Crippen molar-refractivity contribution in [3.8, 4) is 28.6 Å². The second kappa shape index (κ2) is 6.96. The molecule has 1 aromatic heterocycles. The maximum atomic E-state index is 5.80. The molecule has 0 spiro atoms. The second-order valence-corrected chi connectivity index (χ2v) is 6.08. The molecule has 4 rings (SSSR count). The fourth-order valence-electron chi connectivity index (χ4n) is 2.99. The summed E-state index contributed by atoms with van der Waals surface area (Å²) in [5, 5.41) is 3.36. The van der Waals surface area contributed by atoms with E-state index >= 15 is 0 Å². The molecule has 3 aromatic rings. The van der Waals surface area contributed by atoms with E-state index in [-0.39, 0.29) is 0 Å². The van der Waals surface area contributed by atoms with Crippen LogP contribution in [0, 0.1) is 6.92 Å². The first-order valence-corrected chi connectivity index (χ1v) is 8.52. The zero-order chi connectivity index (χ0) is 17.9. The van der Waals surface area contributed by atoms with E-state index in [0.717, 1.165) is 34.1 Å². The minimum atomic E-state index is 0.526. The van der Waals surface area contributed by atoms with Gasteiger partial charge in [0, 0.05) is 11.3 Å². The summed E-state index contributed by atoms with van der Waals surface area (Å²) in [7, 11) is 1.62. The molecule has 0 saturated carbocycles.